The van der Waals surface area contributed by atoms with Crippen LogP contribution in [0.4, 0.5) is 0 Å². The average Bonchev–Trinajstić information content (AvgIpc) is 2.55. The molecule has 0 spiro atoms. The molecule has 0 nitrogen and oxygen atoms in total. The maximum atomic E-state index is 2.48. The first-order valence-electron chi connectivity index (χ1n) is 8.74. The van der Waals surface area contributed by atoms with Crippen molar-refractivity contribution in [1.29, 1.82) is 0 Å². The van der Waals surface area contributed by atoms with E-state index in [0.29, 0.717) is 0 Å². The van der Waals surface area contributed by atoms with Gasteiger partial charge in [-0.3, -0.25) is 0 Å². The minimum Gasteiger partial charge on any atom is -0.165 e. The molecule has 2 aromatic rings. The molecular formula is C20H30SSi2. The fourth-order valence-electron chi connectivity index (χ4n) is 2.82. The highest BCUT2D eigenvalue weighted by Crippen LogP contribution is 2.15. The molecule has 3 heteroatoms. The molecule has 124 valence electrons. The standard InChI is InChI=1S/C20H30SSi2/c1-23(2,3)17-11-10-16-21-18-22(19-12-6-4-7-13-19)20-14-8-5-9-15-20/h4-9,12-15,22H,10-11,16-18H2,1-3H3. The van der Waals surface area contributed by atoms with Gasteiger partial charge in [0.1, 0.15) is 8.80 Å². The molecule has 0 saturated heterocycles. The molecule has 0 aliphatic heterocycles. The predicted molar refractivity (Wildman–Crippen MR) is 114 cm³/mol. The highest BCUT2D eigenvalue weighted by molar-refractivity contribution is 8.00. The summed E-state index contributed by atoms with van der Waals surface area (Å²) < 4.78 is 0. The zero-order valence-corrected chi connectivity index (χ0v) is 17.8. The lowest BCUT2D eigenvalue weighted by atomic mass is 10.4. The Morgan fingerprint density at radius 2 is 1.30 bits per heavy atom. The third kappa shape index (κ3) is 7.11. The molecule has 0 saturated carbocycles. The number of benzene rings is 2. The second-order valence-corrected chi connectivity index (χ2v) is 17.7. The van der Waals surface area contributed by atoms with E-state index in [1.165, 1.54) is 30.0 Å². The van der Waals surface area contributed by atoms with Crippen LogP contribution in [-0.4, -0.2) is 28.0 Å². The highest BCUT2D eigenvalue weighted by Gasteiger charge is 2.16. The van der Waals surface area contributed by atoms with Gasteiger partial charge in [-0.25, -0.2) is 0 Å². The first-order chi connectivity index (χ1) is 11.1. The van der Waals surface area contributed by atoms with Gasteiger partial charge in [0, 0.05) is 8.07 Å². The lowest BCUT2D eigenvalue weighted by Gasteiger charge is -2.17. The first kappa shape index (κ1) is 18.6. The van der Waals surface area contributed by atoms with Gasteiger partial charge in [-0.15, -0.1) is 0 Å². The fourth-order valence-corrected chi connectivity index (χ4v) is 9.44. The molecule has 0 radical (unpaired) electrons. The first-order valence-corrected chi connectivity index (χ1v) is 15.6. The Labute approximate surface area is 149 Å². The minimum atomic E-state index is -1.06. The molecular weight excluding hydrogens is 328 g/mol. The van der Waals surface area contributed by atoms with Crippen molar-refractivity contribution < 1.29 is 0 Å². The Kier molecular flexibility index (Phi) is 7.67. The van der Waals surface area contributed by atoms with E-state index in [1.807, 2.05) is 0 Å². The van der Waals surface area contributed by atoms with Crippen molar-refractivity contribution in [3.05, 3.63) is 60.7 Å². The predicted octanol–water partition coefficient (Wildman–Crippen LogP) is 4.42. The monoisotopic (exact) mass is 358 g/mol. The molecule has 0 aromatic heterocycles. The van der Waals surface area contributed by atoms with Crippen molar-refractivity contribution in [3.8, 4) is 0 Å². The molecule has 0 N–H and O–H groups in total. The Hall–Kier alpha value is -0.776. The van der Waals surface area contributed by atoms with Gasteiger partial charge < -0.3 is 0 Å². The molecule has 0 atom stereocenters. The van der Waals surface area contributed by atoms with E-state index in [-0.39, 0.29) is 0 Å². The van der Waals surface area contributed by atoms with Crippen molar-refractivity contribution in [2.45, 2.75) is 38.5 Å². The largest absolute Gasteiger partial charge is 0.165 e. The summed E-state index contributed by atoms with van der Waals surface area (Å²) in [5, 5.41) is 4.47. The van der Waals surface area contributed by atoms with Crippen LogP contribution in [-0.2, 0) is 0 Å². The number of thioether (sulfide) groups is 1. The molecule has 23 heavy (non-hydrogen) atoms. The third-order valence-corrected chi connectivity index (χ3v) is 11.2. The van der Waals surface area contributed by atoms with E-state index in [0.717, 1.165) is 0 Å². The van der Waals surface area contributed by atoms with E-state index in [9.17, 15) is 0 Å². The van der Waals surface area contributed by atoms with Crippen LogP contribution in [0.15, 0.2) is 60.7 Å². The normalized spacial score (nSPS) is 11.8. The van der Waals surface area contributed by atoms with Gasteiger partial charge in [-0.2, -0.15) is 11.8 Å². The van der Waals surface area contributed by atoms with Gasteiger partial charge >= 0.3 is 0 Å². The maximum absolute atomic E-state index is 2.48. The van der Waals surface area contributed by atoms with Crippen LogP contribution in [0.2, 0.25) is 25.7 Å². The van der Waals surface area contributed by atoms with Crippen LogP contribution < -0.4 is 10.4 Å². The van der Waals surface area contributed by atoms with Crippen molar-refractivity contribution in [2.75, 3.05) is 11.1 Å². The Bertz CT molecular complexity index is 509. The van der Waals surface area contributed by atoms with E-state index >= 15 is 0 Å². The molecule has 0 aliphatic rings. The van der Waals surface area contributed by atoms with Gasteiger partial charge in [0.2, 0.25) is 0 Å². The molecule has 0 fully saturated rings. The summed E-state index contributed by atoms with van der Waals surface area (Å²) in [4.78, 5) is 0. The zero-order chi connectivity index (χ0) is 16.5. The summed E-state index contributed by atoms with van der Waals surface area (Å²) in [6.07, 6.45) is 2.81. The van der Waals surface area contributed by atoms with Crippen molar-refractivity contribution in [3.63, 3.8) is 0 Å². The maximum Gasteiger partial charge on any atom is 0.112 e. The van der Waals surface area contributed by atoms with E-state index in [2.05, 4.69) is 92.1 Å². The zero-order valence-electron chi connectivity index (χ0n) is 14.8. The number of hydrogen-bond acceptors (Lipinski definition) is 1. The van der Waals surface area contributed by atoms with Crippen LogP contribution >= 0.6 is 11.8 Å². The van der Waals surface area contributed by atoms with Gasteiger partial charge in [0.05, 0.1) is 0 Å². The van der Waals surface area contributed by atoms with Crippen LogP contribution in [0.5, 0.6) is 0 Å². The summed E-state index contributed by atoms with van der Waals surface area (Å²) in [6.45, 7) is 7.44. The average molecular weight is 359 g/mol. The molecule has 0 amide bonds. The quantitative estimate of drug-likeness (QED) is 0.472. The van der Waals surface area contributed by atoms with Gasteiger partial charge in [0.25, 0.3) is 0 Å². The number of rotatable bonds is 9. The minimum absolute atomic E-state index is 0.845. The van der Waals surface area contributed by atoms with Crippen molar-refractivity contribution in [2.24, 2.45) is 0 Å². The molecule has 0 unspecified atom stereocenters. The summed E-state index contributed by atoms with van der Waals surface area (Å²) in [5.41, 5.74) is 0. The third-order valence-electron chi connectivity index (χ3n) is 4.15. The Morgan fingerprint density at radius 1 is 0.783 bits per heavy atom. The van der Waals surface area contributed by atoms with E-state index in [1.54, 1.807) is 10.4 Å². The Balaban J connectivity index is 1.87. The molecule has 0 heterocycles. The second-order valence-electron chi connectivity index (χ2n) is 7.47. The van der Waals surface area contributed by atoms with Crippen LogP contribution in [0.3, 0.4) is 0 Å². The lowest BCUT2D eigenvalue weighted by molar-refractivity contribution is 0.879. The summed E-state index contributed by atoms with van der Waals surface area (Å²) in [6, 6.07) is 23.8. The van der Waals surface area contributed by atoms with Crippen LogP contribution in [0, 0.1) is 0 Å². The summed E-state index contributed by atoms with van der Waals surface area (Å²) >= 11 is 2.18. The van der Waals surface area contributed by atoms with Crippen molar-refractivity contribution in [1.82, 2.24) is 0 Å². The number of unbranched alkanes of at least 4 members (excludes halogenated alkanes) is 1. The second kappa shape index (κ2) is 9.50. The van der Waals surface area contributed by atoms with Gasteiger partial charge in [-0.1, -0.05) is 103 Å². The molecule has 0 bridgehead atoms. The summed E-state index contributed by atoms with van der Waals surface area (Å²) in [7, 11) is -1.91. The molecule has 2 rings (SSSR count). The van der Waals surface area contributed by atoms with Gasteiger partial charge in [-0.05, 0) is 17.5 Å². The molecule has 2 aromatic carbocycles. The van der Waals surface area contributed by atoms with Crippen LogP contribution in [0.25, 0.3) is 0 Å². The molecule has 0 aliphatic carbocycles. The van der Waals surface area contributed by atoms with Crippen LogP contribution in [0.1, 0.15) is 12.8 Å². The Morgan fingerprint density at radius 3 is 1.78 bits per heavy atom. The highest BCUT2D eigenvalue weighted by atomic mass is 32.2. The SMILES string of the molecule is C[Si](C)(C)CCCCSC[SiH](c1ccccc1)c1ccccc1. The van der Waals surface area contributed by atoms with Crippen molar-refractivity contribution >= 4 is 39.0 Å². The summed E-state index contributed by atoms with van der Waals surface area (Å²) in [5.74, 6) is 1.33. The lowest BCUT2D eigenvalue weighted by Crippen LogP contribution is -2.44. The smallest absolute Gasteiger partial charge is 0.112 e. The fraction of sp³-hybridized carbons (Fsp3) is 0.400. The van der Waals surface area contributed by atoms with E-state index in [4.69, 9.17) is 0 Å². The number of hydrogen-bond donors (Lipinski definition) is 0. The van der Waals surface area contributed by atoms with E-state index < -0.39 is 16.9 Å². The topological polar surface area (TPSA) is 0 Å². The van der Waals surface area contributed by atoms with Gasteiger partial charge in [0.15, 0.2) is 0 Å².